The number of halogens is 3. The fraction of sp³-hybridized carbons (Fsp3) is 0.333. The van der Waals surface area contributed by atoms with Gasteiger partial charge in [-0.1, -0.05) is 12.1 Å². The van der Waals surface area contributed by atoms with Crippen LogP contribution in [0.25, 0.3) is 0 Å². The maximum Gasteiger partial charge on any atom is 0.416 e. The molecule has 0 bridgehead atoms. The average Bonchev–Trinajstić information content (AvgIpc) is 2.83. The van der Waals surface area contributed by atoms with Crippen molar-refractivity contribution in [2.75, 3.05) is 18.5 Å². The normalized spacial score (nSPS) is 16.4. The number of likely N-dealkylation sites (N-methyl/N-ethyl adjacent to an activating group) is 1. The van der Waals surface area contributed by atoms with Crippen molar-refractivity contribution in [3.8, 4) is 6.07 Å². The Balaban J connectivity index is 2.21. The summed E-state index contributed by atoms with van der Waals surface area (Å²) in [4.78, 5) is 41.9. The second kappa shape index (κ2) is 10.3. The first-order valence-electron chi connectivity index (χ1n) is 11.6. The lowest BCUT2D eigenvalue weighted by Gasteiger charge is -2.41. The molecule has 3 rings (SSSR count). The number of hydrogen-bond acceptors (Lipinski definition) is 5. The Morgan fingerprint density at radius 1 is 1.16 bits per heavy atom. The molecule has 2 aromatic rings. The van der Waals surface area contributed by atoms with Crippen molar-refractivity contribution in [2.45, 2.75) is 45.5 Å². The number of rotatable bonds is 6. The summed E-state index contributed by atoms with van der Waals surface area (Å²) in [5.74, 6) is -1.00. The fourth-order valence-corrected chi connectivity index (χ4v) is 4.32. The van der Waals surface area contributed by atoms with Gasteiger partial charge in [-0.05, 0) is 63.6 Å². The molecule has 0 saturated carbocycles. The van der Waals surface area contributed by atoms with Crippen molar-refractivity contribution in [3.05, 3.63) is 76.0 Å². The van der Waals surface area contributed by atoms with E-state index in [2.05, 4.69) is 5.32 Å². The molecule has 0 fully saturated rings. The molecule has 0 radical (unpaired) electrons. The standard InChI is InChI=1S/C27H28F3N5O3/c1-15-22(16(2)36)23(20-10-9-17(13-31)11-21(20)24(37)33-14-26(3,4)32)34(5)25(38)35(15)19-8-6-7-18(12-19)27(28,29)30/h6-12,23H,14,32H2,1-5H3,(H,33,37). The van der Waals surface area contributed by atoms with Gasteiger partial charge in [0.15, 0.2) is 5.78 Å². The highest BCUT2D eigenvalue weighted by Gasteiger charge is 2.41. The van der Waals surface area contributed by atoms with Crippen molar-refractivity contribution in [3.63, 3.8) is 0 Å². The third-order valence-electron chi connectivity index (χ3n) is 6.12. The summed E-state index contributed by atoms with van der Waals surface area (Å²) in [6.45, 7) is 6.29. The molecule has 1 aliphatic rings. The highest BCUT2D eigenvalue weighted by atomic mass is 19.4. The number of alkyl halides is 3. The van der Waals surface area contributed by atoms with Crippen LogP contribution in [0.5, 0.6) is 0 Å². The summed E-state index contributed by atoms with van der Waals surface area (Å²) in [5, 5.41) is 12.1. The molecule has 11 heteroatoms. The predicted octanol–water partition coefficient (Wildman–Crippen LogP) is 4.52. The summed E-state index contributed by atoms with van der Waals surface area (Å²) in [6, 6.07) is 8.79. The maximum absolute atomic E-state index is 13.6. The van der Waals surface area contributed by atoms with Crippen LogP contribution in [0, 0.1) is 11.3 Å². The number of anilines is 1. The van der Waals surface area contributed by atoms with Crippen molar-refractivity contribution in [1.82, 2.24) is 10.2 Å². The quantitative estimate of drug-likeness (QED) is 0.573. The number of Topliss-reactive ketones (excluding diaryl/α,β-unsaturated/α-hetero) is 1. The van der Waals surface area contributed by atoms with Crippen LogP contribution in [0.3, 0.4) is 0 Å². The predicted molar refractivity (Wildman–Crippen MR) is 135 cm³/mol. The average molecular weight is 528 g/mol. The van der Waals surface area contributed by atoms with Gasteiger partial charge in [-0.3, -0.25) is 14.5 Å². The molecule has 0 spiro atoms. The molecule has 200 valence electrons. The van der Waals surface area contributed by atoms with Crippen molar-refractivity contribution in [2.24, 2.45) is 5.73 Å². The molecule has 0 aliphatic carbocycles. The molecular formula is C27H28F3N5O3. The number of allylic oxidation sites excluding steroid dienone is 1. The van der Waals surface area contributed by atoms with Gasteiger partial charge in [-0.25, -0.2) is 4.79 Å². The molecule has 2 aromatic carbocycles. The van der Waals surface area contributed by atoms with Crippen molar-refractivity contribution < 1.29 is 27.6 Å². The topological polar surface area (TPSA) is 120 Å². The number of carbonyl (C=O) groups excluding carboxylic acids is 3. The number of hydrogen-bond donors (Lipinski definition) is 2. The van der Waals surface area contributed by atoms with Crippen LogP contribution < -0.4 is 16.0 Å². The molecule has 38 heavy (non-hydrogen) atoms. The number of ketones is 1. The van der Waals surface area contributed by atoms with E-state index in [9.17, 15) is 32.8 Å². The van der Waals surface area contributed by atoms with E-state index < -0.39 is 41.0 Å². The first-order valence-corrected chi connectivity index (χ1v) is 11.6. The molecule has 1 aliphatic heterocycles. The van der Waals surface area contributed by atoms with E-state index >= 15 is 0 Å². The highest BCUT2D eigenvalue weighted by Crippen LogP contribution is 2.41. The molecule has 1 unspecified atom stereocenters. The number of benzene rings is 2. The van der Waals surface area contributed by atoms with Crippen LogP contribution in [0.4, 0.5) is 23.7 Å². The Morgan fingerprint density at radius 2 is 1.82 bits per heavy atom. The van der Waals surface area contributed by atoms with E-state index in [1.165, 1.54) is 56.1 Å². The van der Waals surface area contributed by atoms with Gasteiger partial charge in [-0.2, -0.15) is 18.4 Å². The van der Waals surface area contributed by atoms with Gasteiger partial charge in [0.05, 0.1) is 28.9 Å². The molecule has 1 heterocycles. The van der Waals surface area contributed by atoms with E-state index in [1.54, 1.807) is 13.8 Å². The maximum atomic E-state index is 13.6. The number of amides is 3. The van der Waals surface area contributed by atoms with Gasteiger partial charge in [0.2, 0.25) is 0 Å². The van der Waals surface area contributed by atoms with E-state index in [-0.39, 0.29) is 40.2 Å². The first-order chi connectivity index (χ1) is 17.6. The third-order valence-corrected chi connectivity index (χ3v) is 6.12. The van der Waals surface area contributed by atoms with Crippen LogP contribution in [-0.4, -0.2) is 41.8 Å². The van der Waals surface area contributed by atoms with Gasteiger partial charge in [0.1, 0.15) is 0 Å². The second-order valence-corrected chi connectivity index (χ2v) is 9.82. The highest BCUT2D eigenvalue weighted by molar-refractivity contribution is 6.06. The zero-order valence-corrected chi connectivity index (χ0v) is 21.6. The van der Waals surface area contributed by atoms with Crippen LogP contribution >= 0.6 is 0 Å². The summed E-state index contributed by atoms with van der Waals surface area (Å²) >= 11 is 0. The summed E-state index contributed by atoms with van der Waals surface area (Å²) in [5.41, 5.74) is 5.02. The third kappa shape index (κ3) is 5.70. The number of nitrogens with one attached hydrogen (secondary N) is 1. The number of nitriles is 1. The summed E-state index contributed by atoms with van der Waals surface area (Å²) in [6.07, 6.45) is -4.63. The second-order valence-electron chi connectivity index (χ2n) is 9.82. The van der Waals surface area contributed by atoms with E-state index in [4.69, 9.17) is 5.73 Å². The monoisotopic (exact) mass is 527 g/mol. The van der Waals surface area contributed by atoms with Gasteiger partial charge in [-0.15, -0.1) is 0 Å². The van der Waals surface area contributed by atoms with Gasteiger partial charge >= 0.3 is 12.2 Å². The molecule has 8 nitrogen and oxygen atoms in total. The SMILES string of the molecule is CC(=O)C1=C(C)N(c2cccc(C(F)(F)F)c2)C(=O)N(C)C1c1ccc(C#N)cc1C(=O)NCC(C)(C)N. The Bertz CT molecular complexity index is 1370. The lowest BCUT2D eigenvalue weighted by atomic mass is 9.87. The Hall–Kier alpha value is -4.17. The van der Waals surface area contributed by atoms with Crippen molar-refractivity contribution in [1.29, 1.82) is 5.26 Å². The Kier molecular flexibility index (Phi) is 7.70. The van der Waals surface area contributed by atoms with E-state index in [0.29, 0.717) is 0 Å². The fourth-order valence-electron chi connectivity index (χ4n) is 4.32. The minimum atomic E-state index is -4.63. The number of urea groups is 1. The molecule has 1 atom stereocenters. The van der Waals surface area contributed by atoms with Gasteiger partial charge < -0.3 is 16.0 Å². The molecular weight excluding hydrogens is 499 g/mol. The zero-order chi connectivity index (χ0) is 28.6. The van der Waals surface area contributed by atoms with E-state index in [1.807, 2.05) is 6.07 Å². The lowest BCUT2D eigenvalue weighted by molar-refractivity contribution is -0.137. The molecule has 3 amide bonds. The number of carbonyl (C=O) groups is 3. The Labute approximate surface area is 218 Å². The van der Waals surface area contributed by atoms with Crippen molar-refractivity contribution >= 4 is 23.4 Å². The number of nitrogens with zero attached hydrogens (tertiary/aromatic N) is 3. The minimum Gasteiger partial charge on any atom is -0.350 e. The van der Waals surface area contributed by atoms with Crippen LogP contribution in [0.2, 0.25) is 0 Å². The van der Waals surface area contributed by atoms with E-state index in [0.717, 1.165) is 17.0 Å². The smallest absolute Gasteiger partial charge is 0.350 e. The largest absolute Gasteiger partial charge is 0.416 e. The summed E-state index contributed by atoms with van der Waals surface area (Å²) in [7, 11) is 1.39. The van der Waals surface area contributed by atoms with Crippen LogP contribution in [-0.2, 0) is 11.0 Å². The first kappa shape index (κ1) is 28.4. The lowest BCUT2D eigenvalue weighted by Crippen LogP contribution is -2.49. The molecule has 0 saturated heterocycles. The minimum absolute atomic E-state index is 0.0608. The van der Waals surface area contributed by atoms with Gasteiger partial charge in [0.25, 0.3) is 5.91 Å². The van der Waals surface area contributed by atoms with Crippen LogP contribution in [0.1, 0.15) is 60.8 Å². The Morgan fingerprint density at radius 3 is 2.37 bits per heavy atom. The molecule has 0 aromatic heterocycles. The molecule has 3 N–H and O–H groups in total. The van der Waals surface area contributed by atoms with Gasteiger partial charge in [0, 0.05) is 36.0 Å². The zero-order valence-electron chi connectivity index (χ0n) is 21.6. The van der Waals surface area contributed by atoms with Crippen LogP contribution in [0.15, 0.2) is 53.7 Å². The number of nitrogens with two attached hydrogens (primary N) is 1. The summed E-state index contributed by atoms with van der Waals surface area (Å²) < 4.78 is 40.1.